The first-order chi connectivity index (χ1) is 24.2. The molecule has 0 saturated carbocycles. The van der Waals surface area contributed by atoms with Crippen LogP contribution in [-0.4, -0.2) is 33.8 Å². The molecule has 0 bridgehead atoms. The van der Waals surface area contributed by atoms with E-state index in [9.17, 15) is 29.4 Å². The van der Waals surface area contributed by atoms with E-state index in [0.717, 1.165) is 89.9 Å². The fraction of sp³-hybridized carbons (Fsp3) is 0.600. The summed E-state index contributed by atoms with van der Waals surface area (Å²) in [4.78, 5) is 54.4. The normalized spacial score (nSPS) is 11.2. The van der Waals surface area contributed by atoms with Crippen LogP contribution in [0.4, 0.5) is 0 Å². The van der Waals surface area contributed by atoms with Gasteiger partial charge in [-0.1, -0.05) is 135 Å². The van der Waals surface area contributed by atoms with Crippen LogP contribution in [0.1, 0.15) is 169 Å². The highest BCUT2D eigenvalue weighted by Gasteiger charge is 2.44. The van der Waals surface area contributed by atoms with Crippen LogP contribution in [0.2, 0.25) is 0 Å². The van der Waals surface area contributed by atoms with Gasteiger partial charge in [0.1, 0.15) is 16.9 Å². The molecule has 0 atom stereocenters. The number of carbonyl (C=O) groups excluding carboxylic acids is 4. The van der Waals surface area contributed by atoms with E-state index in [-0.39, 0.29) is 35.5 Å². The van der Waals surface area contributed by atoms with Crippen molar-refractivity contribution < 1.29 is 29.4 Å². The smallest absolute Gasteiger partial charge is 0.273 e. The summed E-state index contributed by atoms with van der Waals surface area (Å²) >= 11 is 0. The van der Waals surface area contributed by atoms with E-state index in [4.69, 9.17) is 0 Å². The van der Waals surface area contributed by atoms with Gasteiger partial charge in [-0.25, -0.2) is 0 Å². The summed E-state index contributed by atoms with van der Waals surface area (Å²) in [6.45, 7) is 8.11. The number of phenolic OH excluding ortho intramolecular Hbond substituents is 2. The lowest BCUT2D eigenvalue weighted by Gasteiger charge is -2.30. The fourth-order valence-electron chi connectivity index (χ4n) is 6.40. The van der Waals surface area contributed by atoms with Crippen molar-refractivity contribution in [2.24, 2.45) is 5.41 Å². The summed E-state index contributed by atoms with van der Waals surface area (Å²) in [5.41, 5.74) is 9.70. The Hall–Kier alpha value is -4.08. The van der Waals surface area contributed by atoms with Gasteiger partial charge in [0.25, 0.3) is 23.6 Å². The number of benzene rings is 2. The molecule has 278 valence electrons. The highest BCUT2D eigenvalue weighted by atomic mass is 16.3. The van der Waals surface area contributed by atoms with E-state index in [2.05, 4.69) is 42.5 Å². The van der Waals surface area contributed by atoms with Gasteiger partial charge < -0.3 is 10.2 Å². The second-order valence-corrected chi connectivity index (χ2v) is 13.4. The van der Waals surface area contributed by atoms with E-state index in [0.29, 0.717) is 30.4 Å². The summed E-state index contributed by atoms with van der Waals surface area (Å²) in [5.74, 6) is -3.17. The number of unbranched alkanes of at least 4 members (excludes halogenated alkanes) is 12. The van der Waals surface area contributed by atoms with Crippen LogP contribution in [0.5, 0.6) is 11.5 Å². The molecule has 0 spiro atoms. The summed E-state index contributed by atoms with van der Waals surface area (Å²) in [6.07, 6.45) is 16.4. The van der Waals surface area contributed by atoms with Crippen molar-refractivity contribution in [3.63, 3.8) is 0 Å². The lowest BCUT2D eigenvalue weighted by Crippen LogP contribution is -2.58. The number of rotatable bonds is 23. The van der Waals surface area contributed by atoms with Crippen LogP contribution in [0, 0.1) is 5.41 Å². The van der Waals surface area contributed by atoms with Gasteiger partial charge in [0, 0.05) is 0 Å². The number of nitrogens with one attached hydrogen (secondary N) is 4. The van der Waals surface area contributed by atoms with Gasteiger partial charge in [-0.05, 0) is 61.8 Å². The van der Waals surface area contributed by atoms with Crippen molar-refractivity contribution in [1.29, 1.82) is 0 Å². The van der Waals surface area contributed by atoms with Gasteiger partial charge in [0.2, 0.25) is 0 Å². The number of hydrazine groups is 2. The molecule has 0 fully saturated rings. The molecule has 2 rings (SSSR count). The topological polar surface area (TPSA) is 157 Å². The highest BCUT2D eigenvalue weighted by Crippen LogP contribution is 2.31. The number of carbonyl (C=O) groups is 4. The van der Waals surface area contributed by atoms with Crippen molar-refractivity contribution in [2.45, 2.75) is 150 Å². The van der Waals surface area contributed by atoms with Gasteiger partial charge in [0.15, 0.2) is 0 Å². The highest BCUT2D eigenvalue weighted by molar-refractivity contribution is 6.07. The van der Waals surface area contributed by atoms with Crippen molar-refractivity contribution in [3.05, 3.63) is 58.7 Å². The van der Waals surface area contributed by atoms with Crippen LogP contribution in [0.3, 0.4) is 0 Å². The Kier molecular flexibility index (Phi) is 19.7. The summed E-state index contributed by atoms with van der Waals surface area (Å²) in [5, 5.41) is 21.2. The van der Waals surface area contributed by atoms with Crippen molar-refractivity contribution in [1.82, 2.24) is 21.7 Å². The van der Waals surface area contributed by atoms with Crippen LogP contribution in [0.25, 0.3) is 0 Å². The van der Waals surface area contributed by atoms with E-state index in [1.54, 1.807) is 31.2 Å². The molecular formula is C40H62N4O6. The lowest BCUT2D eigenvalue weighted by molar-refractivity contribution is -0.145. The SMILES string of the molecule is CCCCCCCc1cccc(O)c1C(=O)NNC(=O)C(CC)(CCCCCCC)C(=O)NNC(=O)c1c(O)cccc1CCCCCCC. The van der Waals surface area contributed by atoms with Crippen LogP contribution in [0.15, 0.2) is 36.4 Å². The van der Waals surface area contributed by atoms with Gasteiger partial charge >= 0.3 is 0 Å². The van der Waals surface area contributed by atoms with Crippen LogP contribution >= 0.6 is 0 Å². The second kappa shape index (κ2) is 23.3. The first-order valence-electron chi connectivity index (χ1n) is 19.0. The molecule has 0 unspecified atom stereocenters. The molecule has 0 heterocycles. The molecule has 0 aliphatic heterocycles. The number of phenols is 2. The molecule has 0 radical (unpaired) electrons. The Labute approximate surface area is 299 Å². The second-order valence-electron chi connectivity index (χ2n) is 13.4. The number of amides is 4. The molecule has 10 nitrogen and oxygen atoms in total. The van der Waals surface area contributed by atoms with Gasteiger partial charge in [-0.3, -0.25) is 40.9 Å². The average Bonchev–Trinajstić information content (AvgIpc) is 3.11. The Balaban J connectivity index is 2.20. The maximum atomic E-state index is 13.8. The first kappa shape index (κ1) is 42.1. The largest absolute Gasteiger partial charge is 0.507 e. The van der Waals surface area contributed by atoms with Gasteiger partial charge in [-0.2, -0.15) is 0 Å². The summed E-state index contributed by atoms with van der Waals surface area (Å²) < 4.78 is 0. The Morgan fingerprint density at radius 1 is 0.520 bits per heavy atom. The van der Waals surface area contributed by atoms with Gasteiger partial charge in [0.05, 0.1) is 11.1 Å². The molecule has 0 aliphatic carbocycles. The predicted octanol–water partition coefficient (Wildman–Crippen LogP) is 8.10. The minimum atomic E-state index is -1.62. The van der Waals surface area contributed by atoms with E-state index >= 15 is 0 Å². The van der Waals surface area contributed by atoms with E-state index < -0.39 is 29.0 Å². The third-order valence-corrected chi connectivity index (χ3v) is 9.57. The van der Waals surface area contributed by atoms with Crippen molar-refractivity contribution >= 4 is 23.6 Å². The molecule has 0 aliphatic rings. The molecule has 2 aromatic rings. The third kappa shape index (κ3) is 13.0. The number of hydrogen-bond donors (Lipinski definition) is 6. The minimum Gasteiger partial charge on any atom is -0.507 e. The lowest BCUT2D eigenvalue weighted by atomic mass is 9.78. The Morgan fingerprint density at radius 3 is 1.28 bits per heavy atom. The maximum absolute atomic E-state index is 13.8. The number of aryl methyl sites for hydroxylation is 2. The fourth-order valence-corrected chi connectivity index (χ4v) is 6.40. The molecule has 0 aromatic heterocycles. The summed E-state index contributed by atoms with van der Waals surface area (Å²) in [7, 11) is 0. The molecular weight excluding hydrogens is 632 g/mol. The van der Waals surface area contributed by atoms with E-state index in [1.165, 1.54) is 12.1 Å². The number of aromatic hydroxyl groups is 2. The molecule has 0 saturated heterocycles. The monoisotopic (exact) mass is 694 g/mol. The molecule has 2 aromatic carbocycles. The standard InChI is InChI=1S/C40H62N4O6/c1-5-9-12-15-18-23-30-25-21-27-32(45)34(30)36(47)41-43-38(49)40(8-4,29-20-17-14-11-7-3)39(50)44-42-37(48)35-31(26-22-28-33(35)46)24-19-16-13-10-6-2/h21-22,25-28,45-46H,5-20,23-24,29H2,1-4H3,(H,41,47)(H,42,48)(H,43,49)(H,44,50). The molecule has 6 N–H and O–H groups in total. The third-order valence-electron chi connectivity index (χ3n) is 9.57. The molecule has 4 amide bonds. The summed E-state index contributed by atoms with van der Waals surface area (Å²) in [6, 6.07) is 9.84. The number of hydrogen-bond acceptors (Lipinski definition) is 6. The van der Waals surface area contributed by atoms with Crippen LogP contribution < -0.4 is 21.7 Å². The minimum absolute atomic E-state index is 0.0884. The Bertz CT molecular complexity index is 1270. The predicted molar refractivity (Wildman–Crippen MR) is 198 cm³/mol. The quantitative estimate of drug-likeness (QED) is 0.0392. The molecule has 10 heteroatoms. The van der Waals surface area contributed by atoms with Crippen molar-refractivity contribution in [2.75, 3.05) is 0 Å². The van der Waals surface area contributed by atoms with Gasteiger partial charge in [-0.15, -0.1) is 0 Å². The zero-order valence-electron chi connectivity index (χ0n) is 30.9. The Morgan fingerprint density at radius 2 is 0.900 bits per heavy atom. The zero-order valence-corrected chi connectivity index (χ0v) is 30.9. The first-order valence-corrected chi connectivity index (χ1v) is 19.0. The van der Waals surface area contributed by atoms with Crippen LogP contribution in [-0.2, 0) is 22.4 Å². The van der Waals surface area contributed by atoms with Crippen molar-refractivity contribution in [3.8, 4) is 11.5 Å². The maximum Gasteiger partial charge on any atom is 0.273 e. The average molecular weight is 695 g/mol. The zero-order chi connectivity index (χ0) is 36.8. The van der Waals surface area contributed by atoms with E-state index in [1.807, 2.05) is 0 Å². The molecule has 50 heavy (non-hydrogen) atoms.